The third kappa shape index (κ3) is 25.8. The van der Waals surface area contributed by atoms with Crippen LogP contribution in [0, 0.1) is 83.2 Å². The lowest BCUT2D eigenvalue weighted by atomic mass is 9.48. The summed E-state index contributed by atoms with van der Waals surface area (Å²) >= 11 is 6.24. The maximum atomic E-state index is 13.3. The second-order valence-corrected chi connectivity index (χ2v) is 43.6. The molecule has 3 atom stereocenters. The monoisotopic (exact) mass is 2010 g/mol. The molecule has 16 nitrogen and oxygen atoms in total. The molecule has 117 heavy (non-hydrogen) atoms. The summed E-state index contributed by atoms with van der Waals surface area (Å²) in [6.07, 6.45) is 11.3. The second kappa shape index (κ2) is 40.0. The van der Waals surface area contributed by atoms with E-state index in [2.05, 4.69) is 180 Å². The molecule has 0 aliphatic heterocycles. The highest BCUT2D eigenvalue weighted by molar-refractivity contribution is 14.1. The maximum absolute atomic E-state index is 13.3. The van der Waals surface area contributed by atoms with Crippen molar-refractivity contribution in [2.24, 2.45) is 43.8 Å². The summed E-state index contributed by atoms with van der Waals surface area (Å²) in [5.41, 5.74) is -0.716. The zero-order valence-corrected chi connectivity index (χ0v) is 79.5. The van der Waals surface area contributed by atoms with Crippen LogP contribution in [0.5, 0.6) is 5.75 Å². The first kappa shape index (κ1) is 98.2. The Morgan fingerprint density at radius 1 is 0.658 bits per heavy atom. The van der Waals surface area contributed by atoms with E-state index in [1.807, 2.05) is 96.2 Å². The van der Waals surface area contributed by atoms with Crippen molar-refractivity contribution in [2.45, 2.75) is 273 Å². The molecule has 0 saturated heterocycles. The number of hydrogen-bond donors (Lipinski definition) is 1. The van der Waals surface area contributed by atoms with Crippen LogP contribution < -0.4 is 5.11 Å². The summed E-state index contributed by atoms with van der Waals surface area (Å²) in [7, 11) is -9.27. The van der Waals surface area contributed by atoms with Crippen molar-refractivity contribution in [3.05, 3.63) is 166 Å². The lowest BCUT2D eigenvalue weighted by Gasteiger charge is -2.60. The van der Waals surface area contributed by atoms with E-state index in [4.69, 9.17) is 20.6 Å². The molecule has 13 rings (SSSR count). The lowest BCUT2D eigenvalue weighted by molar-refractivity contribution is -0.239. The Labute approximate surface area is 735 Å². The number of rotatable bonds is 19. The molecule has 6 saturated carbocycles. The summed E-state index contributed by atoms with van der Waals surface area (Å²) in [5.74, 6) is -0.613. The smallest absolute Gasteiger partial charge is 0.426 e. The van der Waals surface area contributed by atoms with E-state index in [-0.39, 0.29) is 62.0 Å². The van der Waals surface area contributed by atoms with Crippen LogP contribution in [0.25, 0.3) is 25.1 Å². The van der Waals surface area contributed by atoms with Gasteiger partial charge in [0.05, 0.1) is 42.4 Å². The Bertz CT molecular complexity index is 4890. The number of nitrogens with zero attached hydrogens (tertiary/aromatic N) is 1. The highest BCUT2D eigenvalue weighted by Crippen LogP contribution is 2.64. The van der Waals surface area contributed by atoms with Gasteiger partial charge < -0.3 is 33.7 Å². The molecule has 25 heteroatoms. The summed E-state index contributed by atoms with van der Waals surface area (Å²) < 4.78 is 129. The first-order chi connectivity index (χ1) is 54.3. The third-order valence-corrected chi connectivity index (χ3v) is 32.2. The number of aromatic hydroxyl groups is 1. The molecule has 640 valence electrons. The fraction of sp³-hybridized carbons (Fsp3) is 0.533. The van der Waals surface area contributed by atoms with E-state index >= 15 is 0 Å². The second-order valence-electron chi connectivity index (χ2n) is 35.2. The predicted octanol–water partition coefficient (Wildman–Crippen LogP) is 22.9. The van der Waals surface area contributed by atoms with Gasteiger partial charge in [0.2, 0.25) is 6.10 Å². The number of phenolic OH excluding ortho intramolecular Hbond substituents is 1. The number of benzene rings is 6. The number of hydrogen-bond acceptors (Lipinski definition) is 15. The Morgan fingerprint density at radius 3 is 1.62 bits per heavy atom. The van der Waals surface area contributed by atoms with Gasteiger partial charge in [-0.1, -0.05) is 127 Å². The Hall–Kier alpha value is -5.91. The number of fused-ring (bicyclic) bond motifs is 3. The van der Waals surface area contributed by atoms with E-state index in [0.717, 1.165) is 76.9 Å². The number of ether oxygens (including phenoxy) is 4. The largest absolute Gasteiger partial charge is 0.858 e. The van der Waals surface area contributed by atoms with Gasteiger partial charge in [0, 0.05) is 49.8 Å². The minimum absolute atomic E-state index is 0.00100. The third-order valence-electron chi connectivity index (χ3n) is 23.9. The average Bonchev–Trinajstić information content (AvgIpc) is 1.27. The minimum Gasteiger partial charge on any atom is -0.858 e. The van der Waals surface area contributed by atoms with Gasteiger partial charge in [-0.2, -0.15) is 26.0 Å². The first-order valence-electron chi connectivity index (χ1n) is 40.2. The number of halogens is 6. The highest BCUT2D eigenvalue weighted by Gasteiger charge is 2.64. The van der Waals surface area contributed by atoms with Gasteiger partial charge in [-0.3, -0.25) is 19.2 Å². The minimum atomic E-state index is -5.27. The SMILES string of the molecule is C#CC1(OC(=O)C(C)(C)CC)CCC(C)CC1.CCC(C)(C)C(=O)OC1(C)CCCC1.CCC(C)(C)C(=O)OC12CC3CC(C1)CC(C(=O)OC(CS(=O)(=O)[O-])C(F)(F)F)(C3)C2.CCC(C)(C)c1cccc(O)c1.Cc1cc(C)c(S(=O)(=O)N=C([O-])c2cc(I)cc(I)c2I)c(C)c1.c1ccc(-[s+]2c3ccccc3c3ccccc32)cc1. The van der Waals surface area contributed by atoms with Crippen LogP contribution in [0.3, 0.4) is 0 Å². The quantitative estimate of drug-likeness (QED) is 0.00909. The molecule has 1 N–H and O–H groups in total. The van der Waals surface area contributed by atoms with Gasteiger partial charge in [0.1, 0.15) is 17.0 Å². The van der Waals surface area contributed by atoms with Crippen molar-refractivity contribution in [1.29, 1.82) is 0 Å². The number of phenols is 1. The fourth-order valence-electron chi connectivity index (χ4n) is 15.6. The lowest BCUT2D eigenvalue weighted by Crippen LogP contribution is -2.61. The van der Waals surface area contributed by atoms with Crippen LogP contribution in [-0.2, 0) is 63.7 Å². The van der Waals surface area contributed by atoms with E-state index < -0.39 is 83.5 Å². The van der Waals surface area contributed by atoms with E-state index in [9.17, 15) is 64.0 Å². The number of thiophene rings is 1. The molecule has 0 amide bonds. The maximum Gasteiger partial charge on any atom is 0.426 e. The van der Waals surface area contributed by atoms with Gasteiger partial charge in [-0.15, -0.1) is 6.42 Å². The van der Waals surface area contributed by atoms with Crippen LogP contribution in [0.1, 0.15) is 240 Å². The number of alkyl halides is 3. The van der Waals surface area contributed by atoms with Crippen LogP contribution in [0.15, 0.2) is 137 Å². The number of carbonyl (C=O) groups is 4. The summed E-state index contributed by atoms with van der Waals surface area (Å²) in [6, 6.07) is 43.0. The number of carbonyl (C=O) groups excluding carboxylic acids is 4. The van der Waals surface area contributed by atoms with Crippen molar-refractivity contribution in [1.82, 2.24) is 0 Å². The van der Waals surface area contributed by atoms with E-state index in [1.54, 1.807) is 52.0 Å². The molecule has 6 aliphatic rings. The molecule has 7 aromatic rings. The van der Waals surface area contributed by atoms with Crippen molar-refractivity contribution in [3.63, 3.8) is 0 Å². The van der Waals surface area contributed by atoms with Crippen molar-refractivity contribution < 1.29 is 82.9 Å². The van der Waals surface area contributed by atoms with Crippen LogP contribution in [-0.4, -0.2) is 91.1 Å². The van der Waals surface area contributed by atoms with Gasteiger partial charge in [-0.25, -0.2) is 8.42 Å². The fourth-order valence-corrected chi connectivity index (χ4v) is 22.4. The Kier molecular flexibility index (Phi) is 33.5. The number of aryl methyl sites for hydroxylation is 3. The molecule has 6 fully saturated rings. The van der Waals surface area contributed by atoms with Crippen LogP contribution >= 0.6 is 78.2 Å². The van der Waals surface area contributed by atoms with Crippen molar-refractivity contribution in [3.8, 4) is 23.0 Å². The van der Waals surface area contributed by atoms with Crippen LogP contribution in [0.2, 0.25) is 0 Å². The number of sulfonamides is 1. The van der Waals surface area contributed by atoms with Crippen molar-refractivity contribution in [2.75, 3.05) is 5.75 Å². The van der Waals surface area contributed by atoms with Gasteiger partial charge in [-0.05, 0) is 347 Å². The zero-order valence-electron chi connectivity index (χ0n) is 70.5. The summed E-state index contributed by atoms with van der Waals surface area (Å²) in [6.45, 7) is 33.2. The number of esters is 4. The van der Waals surface area contributed by atoms with Gasteiger partial charge in [0.25, 0.3) is 10.0 Å². The molecule has 6 aromatic carbocycles. The summed E-state index contributed by atoms with van der Waals surface area (Å²) in [4.78, 5) is 51.1. The average molecular weight is 2010 g/mol. The Balaban J connectivity index is 0.000000199. The standard InChI is InChI=1S/C20H29F3O7S.C18H13S.C16H14I3NO3S.C15H24O2.C12H22O2.C11H16O/c1-4-17(2,3)15(24)30-19-8-12-5-13(9-19)7-18(6-12,11-19)16(25)29-14(20(21,22)23)10-31(26,27)28;1-2-8-14(9-3-1)19-17-12-6-4-10-15(17)16-11-5-7-13-18(16)19;1-8-4-9(2)15(10(3)5-8)24(22,23)20-16(21)12-6-11(17)7-13(18)14(12)19;1-6-14(4,5)13(16)17-15(7-2)10-8-12(3)9-11-15;1-5-11(2,3)10(13)14-12(4)8-6-7-9-12;1-4-11(2,3)9-6-5-7-10(12)8-9/h12-14H,4-11H2,1-3H3,(H,26,27,28);1-13H;4-7H,1-3H3,(H,20,21);2,12H,6,8-11H2,1,3-5H3;5-9H2,1-4H3;5-8,12H,4H2,1-3H3/q;+1;;;;/p-2. The first-order valence-corrected chi connectivity index (χ1v) is 47.7. The predicted molar refractivity (Wildman–Crippen MR) is 483 cm³/mol. The number of terminal acetylenes is 1. The van der Waals surface area contributed by atoms with E-state index in [0.29, 0.717) is 64.0 Å². The van der Waals surface area contributed by atoms with E-state index in [1.165, 1.54) is 43.5 Å². The molecule has 3 unspecified atom stereocenters. The van der Waals surface area contributed by atoms with Crippen LogP contribution in [0.4, 0.5) is 13.2 Å². The topological polar surface area (TPSA) is 252 Å². The molecular formula is C92H116F3I3NO15S3-. The van der Waals surface area contributed by atoms with Crippen molar-refractivity contribution >= 4 is 148 Å². The molecule has 4 bridgehead atoms. The molecule has 6 aliphatic carbocycles. The normalized spacial score (nSPS) is 21.3. The summed E-state index contributed by atoms with van der Waals surface area (Å²) in [5, 5.41) is 24.6. The highest BCUT2D eigenvalue weighted by atomic mass is 127. The zero-order chi connectivity index (χ0) is 87.5. The molecule has 1 aromatic heterocycles. The molecule has 1 heterocycles. The van der Waals surface area contributed by atoms with Gasteiger partial charge >= 0.3 is 30.1 Å². The molecule has 0 spiro atoms. The Morgan fingerprint density at radius 2 is 1.15 bits per heavy atom. The molecule has 0 radical (unpaired) electrons. The van der Waals surface area contributed by atoms with Gasteiger partial charge in [0.15, 0.2) is 19.9 Å². The molecular weight excluding hydrogens is 1890 g/mol.